The van der Waals surface area contributed by atoms with Crippen molar-refractivity contribution in [2.45, 2.75) is 29.7 Å². The Morgan fingerprint density at radius 2 is 1.83 bits per heavy atom. The molecule has 7 nitrogen and oxygen atoms in total. The van der Waals surface area contributed by atoms with E-state index in [-0.39, 0.29) is 12.1 Å². The summed E-state index contributed by atoms with van der Waals surface area (Å²) in [5.74, 6) is 1.88. The third kappa shape index (κ3) is 3.75. The number of hydrogen-bond donors (Lipinski definition) is 2. The van der Waals surface area contributed by atoms with Gasteiger partial charge in [0.05, 0.1) is 38.7 Å². The van der Waals surface area contributed by atoms with E-state index in [2.05, 4.69) is 15.1 Å². The number of fused-ring (bicyclic) bond motifs is 1. The molecule has 1 aromatic heterocycles. The van der Waals surface area contributed by atoms with Crippen LogP contribution >= 0.6 is 23.2 Å². The summed E-state index contributed by atoms with van der Waals surface area (Å²) in [7, 11) is -1.09. The fraction of sp³-hybridized carbons (Fsp3) is 0.500. The van der Waals surface area contributed by atoms with Gasteiger partial charge in [0.25, 0.3) is 0 Å². The second-order valence-corrected chi connectivity index (χ2v) is 10.4. The minimum Gasteiger partial charge on any atom is -0.394 e. The highest BCUT2D eigenvalue weighted by Crippen LogP contribution is 2.41. The molecule has 1 saturated carbocycles. The van der Waals surface area contributed by atoms with E-state index in [4.69, 9.17) is 33.2 Å². The molecule has 1 saturated heterocycles. The first-order valence-corrected chi connectivity index (χ1v) is 12.2. The van der Waals surface area contributed by atoms with Crippen LogP contribution in [-0.4, -0.2) is 63.4 Å². The average molecular weight is 468 g/mol. The van der Waals surface area contributed by atoms with Gasteiger partial charge in [-0.15, -0.1) is 0 Å². The monoisotopic (exact) mass is 467 g/mol. The van der Waals surface area contributed by atoms with Gasteiger partial charge in [-0.3, -0.25) is 4.21 Å². The Kier molecular flexibility index (Phi) is 5.29. The maximum absolute atomic E-state index is 12.5. The number of aliphatic hydroxyl groups excluding tert-OH is 1. The van der Waals surface area contributed by atoms with E-state index >= 15 is 0 Å². The first-order chi connectivity index (χ1) is 14.5. The van der Waals surface area contributed by atoms with Gasteiger partial charge < -0.3 is 20.2 Å². The second kappa shape index (κ2) is 7.82. The maximum atomic E-state index is 12.5. The smallest absolute Gasteiger partial charge is 0.227 e. The molecule has 10 heteroatoms. The Hall–Kier alpha value is -1.61. The number of nitrogens with one attached hydrogen (secondary N) is 1. The molecule has 1 aromatic carbocycles. The van der Waals surface area contributed by atoms with Gasteiger partial charge in [0.1, 0.15) is 10.7 Å². The zero-order valence-corrected chi connectivity index (χ0v) is 18.7. The van der Waals surface area contributed by atoms with Crippen LogP contribution in [0, 0.1) is 0 Å². The quantitative estimate of drug-likeness (QED) is 0.699. The van der Waals surface area contributed by atoms with E-state index in [0.717, 1.165) is 50.4 Å². The van der Waals surface area contributed by atoms with Crippen molar-refractivity contribution < 1.29 is 9.32 Å². The molecule has 5 rings (SSSR count). The van der Waals surface area contributed by atoms with Crippen LogP contribution in [-0.2, 0) is 17.2 Å². The number of nitrogens with zero attached hydrogens (tertiary/aromatic N) is 4. The lowest BCUT2D eigenvalue weighted by Crippen LogP contribution is -2.47. The van der Waals surface area contributed by atoms with Crippen molar-refractivity contribution in [3.63, 3.8) is 0 Å². The van der Waals surface area contributed by atoms with Crippen LogP contribution in [0.25, 0.3) is 0 Å². The Balaban J connectivity index is 1.36. The first kappa shape index (κ1) is 20.3. The summed E-state index contributed by atoms with van der Waals surface area (Å²) in [6.45, 7) is 3.22. The van der Waals surface area contributed by atoms with Crippen molar-refractivity contribution in [3.8, 4) is 0 Å². The van der Waals surface area contributed by atoms with Crippen molar-refractivity contribution in [2.75, 3.05) is 53.7 Å². The van der Waals surface area contributed by atoms with Crippen LogP contribution in [0.2, 0.25) is 10.0 Å². The molecular weight excluding hydrogens is 445 g/mol. The predicted molar refractivity (Wildman–Crippen MR) is 121 cm³/mol. The van der Waals surface area contributed by atoms with Gasteiger partial charge in [0.2, 0.25) is 5.95 Å². The summed E-state index contributed by atoms with van der Waals surface area (Å²) in [4.78, 5) is 14.7. The molecule has 1 aliphatic carbocycles. The first-order valence-electron chi connectivity index (χ1n) is 10.1. The molecule has 0 bridgehead atoms. The summed E-state index contributed by atoms with van der Waals surface area (Å²) in [5.41, 5.74) is 1.59. The number of benzene rings is 1. The average Bonchev–Trinajstić information content (AvgIpc) is 3.43. The van der Waals surface area contributed by atoms with Crippen LogP contribution < -0.4 is 15.1 Å². The van der Waals surface area contributed by atoms with Gasteiger partial charge in [0.15, 0.2) is 0 Å². The molecule has 30 heavy (non-hydrogen) atoms. The van der Waals surface area contributed by atoms with Gasteiger partial charge in [-0.05, 0) is 31.0 Å². The van der Waals surface area contributed by atoms with E-state index in [1.165, 1.54) is 0 Å². The lowest BCUT2D eigenvalue weighted by molar-refractivity contribution is 0.265. The van der Waals surface area contributed by atoms with Gasteiger partial charge in [-0.1, -0.05) is 23.2 Å². The molecule has 2 fully saturated rings. The van der Waals surface area contributed by atoms with Gasteiger partial charge >= 0.3 is 0 Å². The van der Waals surface area contributed by atoms with E-state index in [1.54, 1.807) is 0 Å². The number of rotatable bonds is 5. The van der Waals surface area contributed by atoms with Crippen molar-refractivity contribution in [3.05, 3.63) is 33.9 Å². The molecule has 1 atom stereocenters. The van der Waals surface area contributed by atoms with Crippen molar-refractivity contribution in [2.24, 2.45) is 0 Å². The molecule has 0 amide bonds. The van der Waals surface area contributed by atoms with E-state index in [9.17, 15) is 9.32 Å². The summed E-state index contributed by atoms with van der Waals surface area (Å²) in [6, 6.07) is 5.70. The molecule has 0 spiro atoms. The minimum absolute atomic E-state index is 0.0517. The maximum Gasteiger partial charge on any atom is 0.227 e. The molecule has 3 aliphatic rings. The van der Waals surface area contributed by atoms with Crippen LogP contribution in [0.5, 0.6) is 0 Å². The molecule has 160 valence electrons. The summed E-state index contributed by atoms with van der Waals surface area (Å²) < 4.78 is 12.5. The third-order valence-corrected chi connectivity index (χ3v) is 8.24. The Morgan fingerprint density at radius 1 is 1.10 bits per heavy atom. The van der Waals surface area contributed by atoms with Crippen LogP contribution in [0.1, 0.15) is 18.5 Å². The molecule has 2 aromatic rings. The molecule has 1 unspecified atom stereocenters. The normalized spacial score (nSPS) is 22.2. The van der Waals surface area contributed by atoms with Gasteiger partial charge in [-0.2, -0.15) is 4.98 Å². The zero-order valence-electron chi connectivity index (χ0n) is 16.4. The highest BCUT2D eigenvalue weighted by Gasteiger charge is 2.44. The zero-order chi connectivity index (χ0) is 20.9. The molecule has 2 N–H and O–H groups in total. The lowest BCUT2D eigenvalue weighted by Gasteiger charge is -2.36. The van der Waals surface area contributed by atoms with Gasteiger partial charge in [0, 0.05) is 44.0 Å². The minimum atomic E-state index is -1.09. The standard InChI is InChI=1S/C20H23Cl2N5O2S/c21-14-2-1-13(11-15(14)22)26-6-8-27(9-7-26)19-23-16-3-10-30(29)17(16)18(24-19)25-20(12-28)4-5-20/h1-2,11,28H,3-10,12H2,(H,23,24,25). The Labute approximate surface area is 187 Å². The fourth-order valence-electron chi connectivity index (χ4n) is 3.98. The van der Waals surface area contributed by atoms with Crippen molar-refractivity contribution in [1.82, 2.24) is 9.97 Å². The van der Waals surface area contributed by atoms with Gasteiger partial charge in [-0.25, -0.2) is 4.98 Å². The van der Waals surface area contributed by atoms with Crippen LogP contribution in [0.3, 0.4) is 0 Å². The lowest BCUT2D eigenvalue weighted by atomic mass is 10.2. The third-order valence-electron chi connectivity index (χ3n) is 6.05. The number of hydrogen-bond acceptors (Lipinski definition) is 7. The summed E-state index contributed by atoms with van der Waals surface area (Å²) in [6.07, 6.45) is 2.49. The van der Waals surface area contributed by atoms with E-state index in [1.807, 2.05) is 18.2 Å². The summed E-state index contributed by atoms with van der Waals surface area (Å²) in [5, 5.41) is 14.2. The highest BCUT2D eigenvalue weighted by atomic mass is 35.5. The van der Waals surface area contributed by atoms with E-state index in [0.29, 0.717) is 38.9 Å². The number of aryl methyl sites for hydroxylation is 1. The Morgan fingerprint density at radius 3 is 2.50 bits per heavy atom. The number of aliphatic hydroxyl groups is 1. The van der Waals surface area contributed by atoms with E-state index < -0.39 is 10.8 Å². The van der Waals surface area contributed by atoms with Crippen molar-refractivity contribution in [1.29, 1.82) is 0 Å². The molecule has 0 radical (unpaired) electrons. The fourth-order valence-corrected chi connectivity index (χ4v) is 5.58. The highest BCUT2D eigenvalue weighted by molar-refractivity contribution is 7.85. The topological polar surface area (TPSA) is 81.6 Å². The van der Waals surface area contributed by atoms with Crippen LogP contribution in [0.15, 0.2) is 23.1 Å². The number of anilines is 3. The molecular formula is C20H23Cl2N5O2S. The number of piperazine rings is 1. The largest absolute Gasteiger partial charge is 0.394 e. The molecule has 2 aliphatic heterocycles. The second-order valence-electron chi connectivity index (χ2n) is 8.08. The van der Waals surface area contributed by atoms with Crippen LogP contribution in [0.4, 0.5) is 17.5 Å². The summed E-state index contributed by atoms with van der Waals surface area (Å²) >= 11 is 12.2. The Bertz CT molecular complexity index is 1010. The van der Waals surface area contributed by atoms with Crippen molar-refractivity contribution >= 4 is 51.5 Å². The number of aromatic nitrogens is 2. The SMILES string of the molecule is O=S1CCc2nc(N3CCN(c4ccc(Cl)c(Cl)c4)CC3)nc(NC3(CO)CC3)c21. The number of halogens is 2. The predicted octanol–water partition coefficient (Wildman–Crippen LogP) is 2.71. The molecule has 3 heterocycles.